The van der Waals surface area contributed by atoms with Gasteiger partial charge in [0.25, 0.3) is 11.8 Å². The second kappa shape index (κ2) is 9.07. The summed E-state index contributed by atoms with van der Waals surface area (Å²) in [5.41, 5.74) is 1.42. The van der Waals surface area contributed by atoms with Crippen molar-refractivity contribution in [2.75, 3.05) is 32.8 Å². The van der Waals surface area contributed by atoms with Crippen molar-refractivity contribution in [1.29, 1.82) is 0 Å². The molecule has 0 bridgehead atoms. The van der Waals surface area contributed by atoms with Crippen LogP contribution in [0, 0.1) is 5.92 Å². The first kappa shape index (κ1) is 19.4. The first-order valence-electron chi connectivity index (χ1n) is 10.4. The van der Waals surface area contributed by atoms with Crippen LogP contribution in [0.4, 0.5) is 0 Å². The Kier molecular flexibility index (Phi) is 6.08. The highest BCUT2D eigenvalue weighted by molar-refractivity contribution is 5.94. The SMILES string of the molecule is O=C(c1ccc(OCC2CCN(C(=O)c3ccncc3)CC2)cc1)N1CCCC1. The van der Waals surface area contributed by atoms with Gasteiger partial charge in [-0.05, 0) is 68.0 Å². The molecular weight excluding hydrogens is 366 g/mol. The van der Waals surface area contributed by atoms with E-state index in [0.29, 0.717) is 18.1 Å². The van der Waals surface area contributed by atoms with Gasteiger partial charge in [0.2, 0.25) is 0 Å². The summed E-state index contributed by atoms with van der Waals surface area (Å²) in [6, 6.07) is 11.0. The maximum absolute atomic E-state index is 12.5. The van der Waals surface area contributed by atoms with E-state index < -0.39 is 0 Å². The summed E-state index contributed by atoms with van der Waals surface area (Å²) >= 11 is 0. The van der Waals surface area contributed by atoms with Crippen LogP contribution >= 0.6 is 0 Å². The van der Waals surface area contributed by atoms with Gasteiger partial charge in [-0.1, -0.05) is 0 Å². The molecule has 2 aliphatic rings. The largest absolute Gasteiger partial charge is 0.493 e. The molecule has 2 aliphatic heterocycles. The molecule has 2 amide bonds. The number of piperidine rings is 1. The van der Waals surface area contributed by atoms with E-state index in [0.717, 1.165) is 63.2 Å². The van der Waals surface area contributed by atoms with Gasteiger partial charge in [-0.15, -0.1) is 0 Å². The van der Waals surface area contributed by atoms with E-state index in [1.165, 1.54) is 0 Å². The molecule has 0 aliphatic carbocycles. The van der Waals surface area contributed by atoms with E-state index in [1.807, 2.05) is 34.1 Å². The second-order valence-corrected chi connectivity index (χ2v) is 7.81. The number of likely N-dealkylation sites (tertiary alicyclic amines) is 2. The van der Waals surface area contributed by atoms with Crippen molar-refractivity contribution in [1.82, 2.24) is 14.8 Å². The average molecular weight is 393 g/mol. The number of pyridine rings is 1. The van der Waals surface area contributed by atoms with Gasteiger partial charge in [-0.3, -0.25) is 14.6 Å². The van der Waals surface area contributed by atoms with E-state index in [4.69, 9.17) is 4.74 Å². The van der Waals surface area contributed by atoms with Crippen molar-refractivity contribution in [3.63, 3.8) is 0 Å². The summed E-state index contributed by atoms with van der Waals surface area (Å²) in [5.74, 6) is 1.41. The third-order valence-electron chi connectivity index (χ3n) is 5.81. The summed E-state index contributed by atoms with van der Waals surface area (Å²) in [4.78, 5) is 32.7. The van der Waals surface area contributed by atoms with Crippen LogP contribution in [0.3, 0.4) is 0 Å². The van der Waals surface area contributed by atoms with Gasteiger partial charge in [0, 0.05) is 49.7 Å². The van der Waals surface area contributed by atoms with Crippen molar-refractivity contribution in [2.45, 2.75) is 25.7 Å². The third-order valence-corrected chi connectivity index (χ3v) is 5.81. The lowest BCUT2D eigenvalue weighted by atomic mass is 9.97. The first-order valence-corrected chi connectivity index (χ1v) is 10.4. The molecule has 6 nitrogen and oxygen atoms in total. The molecule has 29 heavy (non-hydrogen) atoms. The summed E-state index contributed by atoms with van der Waals surface area (Å²) in [6.07, 6.45) is 7.36. The topological polar surface area (TPSA) is 62.7 Å². The molecule has 4 rings (SSSR count). The van der Waals surface area contributed by atoms with Crippen LogP contribution in [-0.4, -0.2) is 59.4 Å². The van der Waals surface area contributed by atoms with Crippen molar-refractivity contribution < 1.29 is 14.3 Å². The van der Waals surface area contributed by atoms with Crippen molar-refractivity contribution in [3.05, 3.63) is 59.9 Å². The lowest BCUT2D eigenvalue weighted by Crippen LogP contribution is -2.39. The minimum atomic E-state index is 0.0741. The standard InChI is InChI=1S/C23H27N3O3/c27-22(25-13-1-2-14-25)19-3-5-21(6-4-19)29-17-18-9-15-26(16-10-18)23(28)20-7-11-24-12-8-20/h3-8,11-12,18H,1-2,9-10,13-17H2. The van der Waals surface area contributed by atoms with Crippen LogP contribution in [0.15, 0.2) is 48.8 Å². The Balaban J connectivity index is 1.23. The van der Waals surface area contributed by atoms with E-state index in [1.54, 1.807) is 24.5 Å². The number of rotatable bonds is 5. The Morgan fingerprint density at radius 1 is 0.828 bits per heavy atom. The monoisotopic (exact) mass is 393 g/mol. The Labute approximate surface area is 171 Å². The van der Waals surface area contributed by atoms with Crippen molar-refractivity contribution >= 4 is 11.8 Å². The van der Waals surface area contributed by atoms with Gasteiger partial charge in [-0.25, -0.2) is 0 Å². The summed E-state index contributed by atoms with van der Waals surface area (Å²) < 4.78 is 5.95. The Bertz CT molecular complexity index is 824. The molecule has 3 heterocycles. The van der Waals surface area contributed by atoms with Gasteiger partial charge in [-0.2, -0.15) is 0 Å². The lowest BCUT2D eigenvalue weighted by Gasteiger charge is -2.32. The van der Waals surface area contributed by atoms with Gasteiger partial charge in [0.1, 0.15) is 5.75 Å². The Morgan fingerprint density at radius 2 is 1.38 bits per heavy atom. The normalized spacial score (nSPS) is 17.4. The fourth-order valence-electron chi connectivity index (χ4n) is 3.99. The molecule has 0 unspecified atom stereocenters. The Hall–Kier alpha value is -2.89. The molecule has 6 heteroatoms. The van der Waals surface area contributed by atoms with Gasteiger partial charge < -0.3 is 14.5 Å². The molecule has 152 valence electrons. The van der Waals surface area contributed by atoms with E-state index >= 15 is 0 Å². The van der Waals surface area contributed by atoms with Gasteiger partial charge >= 0.3 is 0 Å². The number of hydrogen-bond donors (Lipinski definition) is 0. The fourth-order valence-corrected chi connectivity index (χ4v) is 3.99. The summed E-state index contributed by atoms with van der Waals surface area (Å²) in [5, 5.41) is 0. The van der Waals surface area contributed by atoms with Gasteiger partial charge in [0.15, 0.2) is 0 Å². The highest BCUT2D eigenvalue weighted by atomic mass is 16.5. The number of nitrogens with zero attached hydrogens (tertiary/aromatic N) is 3. The number of hydrogen-bond acceptors (Lipinski definition) is 4. The highest BCUT2D eigenvalue weighted by Gasteiger charge is 2.24. The molecule has 0 atom stereocenters. The zero-order valence-electron chi connectivity index (χ0n) is 16.6. The number of aromatic nitrogens is 1. The van der Waals surface area contributed by atoms with Crippen LogP contribution in [0.5, 0.6) is 5.75 Å². The van der Waals surface area contributed by atoms with Crippen LogP contribution in [0.25, 0.3) is 0 Å². The third kappa shape index (κ3) is 4.75. The number of carbonyl (C=O) groups excluding carboxylic acids is 2. The molecule has 2 saturated heterocycles. The van der Waals surface area contributed by atoms with E-state index in [9.17, 15) is 9.59 Å². The minimum Gasteiger partial charge on any atom is -0.493 e. The molecule has 0 saturated carbocycles. The highest BCUT2D eigenvalue weighted by Crippen LogP contribution is 2.22. The second-order valence-electron chi connectivity index (χ2n) is 7.81. The number of carbonyl (C=O) groups is 2. The molecule has 1 aromatic carbocycles. The molecule has 0 spiro atoms. The maximum Gasteiger partial charge on any atom is 0.253 e. The summed E-state index contributed by atoms with van der Waals surface area (Å²) in [6.45, 7) is 3.85. The smallest absolute Gasteiger partial charge is 0.253 e. The molecule has 1 aromatic heterocycles. The first-order chi connectivity index (χ1) is 14.2. The van der Waals surface area contributed by atoms with Crippen LogP contribution in [0.2, 0.25) is 0 Å². The lowest BCUT2D eigenvalue weighted by molar-refractivity contribution is 0.0660. The Morgan fingerprint density at radius 3 is 2.00 bits per heavy atom. The number of ether oxygens (including phenoxy) is 1. The molecule has 0 radical (unpaired) electrons. The fraction of sp³-hybridized carbons (Fsp3) is 0.435. The zero-order valence-corrected chi connectivity index (χ0v) is 16.6. The average Bonchev–Trinajstić information content (AvgIpc) is 3.33. The minimum absolute atomic E-state index is 0.0741. The van der Waals surface area contributed by atoms with Gasteiger partial charge in [0.05, 0.1) is 6.61 Å². The van der Waals surface area contributed by atoms with E-state index in [-0.39, 0.29) is 11.8 Å². The van der Waals surface area contributed by atoms with Crippen molar-refractivity contribution in [2.24, 2.45) is 5.92 Å². The quantitative estimate of drug-likeness (QED) is 0.782. The predicted molar refractivity (Wildman–Crippen MR) is 110 cm³/mol. The van der Waals surface area contributed by atoms with E-state index in [2.05, 4.69) is 4.98 Å². The van der Waals surface area contributed by atoms with Crippen LogP contribution in [-0.2, 0) is 0 Å². The molecule has 0 N–H and O–H groups in total. The van der Waals surface area contributed by atoms with Crippen molar-refractivity contribution in [3.8, 4) is 5.75 Å². The molecule has 2 fully saturated rings. The summed E-state index contributed by atoms with van der Waals surface area (Å²) in [7, 11) is 0. The predicted octanol–water partition coefficient (Wildman–Crippen LogP) is 3.25. The van der Waals surface area contributed by atoms with Crippen LogP contribution < -0.4 is 4.74 Å². The molecular formula is C23H27N3O3. The molecule has 2 aromatic rings. The number of benzene rings is 1. The maximum atomic E-state index is 12.5. The van der Waals surface area contributed by atoms with Crippen LogP contribution in [0.1, 0.15) is 46.4 Å². The number of amides is 2. The zero-order chi connectivity index (χ0) is 20.1.